The quantitative estimate of drug-likeness (QED) is 0.761. The van der Waals surface area contributed by atoms with Crippen LogP contribution >= 0.6 is 11.3 Å². The normalized spacial score (nSPS) is 14.0. The summed E-state index contributed by atoms with van der Waals surface area (Å²) in [5.41, 5.74) is 3.38. The van der Waals surface area contributed by atoms with Crippen molar-refractivity contribution in [2.24, 2.45) is 0 Å². The molecule has 2 N–H and O–H groups in total. The number of aromatic nitrogens is 1. The van der Waals surface area contributed by atoms with Crippen LogP contribution in [0.5, 0.6) is 5.75 Å². The number of aryl methyl sites for hydroxylation is 2. The minimum absolute atomic E-state index is 0.212. The predicted molar refractivity (Wildman–Crippen MR) is 105 cm³/mol. The first-order valence-corrected chi connectivity index (χ1v) is 9.75. The van der Waals surface area contributed by atoms with Crippen molar-refractivity contribution in [3.05, 3.63) is 39.9 Å². The molecule has 3 rings (SSSR count). The summed E-state index contributed by atoms with van der Waals surface area (Å²) in [4.78, 5) is 20.1. The average Bonchev–Trinajstić information content (AvgIpc) is 2.98. The lowest BCUT2D eigenvalue weighted by molar-refractivity contribution is 0.250. The second-order valence-electron chi connectivity index (χ2n) is 6.68. The molecule has 1 aromatic heterocycles. The first-order valence-electron chi connectivity index (χ1n) is 8.94. The van der Waals surface area contributed by atoms with E-state index >= 15 is 0 Å². The lowest BCUT2D eigenvalue weighted by Crippen LogP contribution is -2.30. The number of likely N-dealkylation sites (N-methyl/N-ethyl adjacent to an activating group) is 1. The first kappa shape index (κ1) is 18.7. The maximum atomic E-state index is 12.0. The molecule has 1 aliphatic heterocycles. The highest BCUT2D eigenvalue weighted by atomic mass is 32.1. The topological polar surface area (TPSA) is 66.5 Å². The molecule has 0 spiro atoms. The number of ether oxygens (including phenoxy) is 1. The Hall–Kier alpha value is -2.12. The molecule has 1 aromatic carbocycles. The summed E-state index contributed by atoms with van der Waals surface area (Å²) in [6.07, 6.45) is 1.70. The van der Waals surface area contributed by atoms with Gasteiger partial charge in [0.2, 0.25) is 0 Å². The molecular formula is C19H26N4O2S. The third-order valence-corrected chi connectivity index (χ3v) is 5.40. The molecule has 2 amide bonds. The highest BCUT2D eigenvalue weighted by molar-refractivity contribution is 7.15. The van der Waals surface area contributed by atoms with Gasteiger partial charge in [0, 0.05) is 30.9 Å². The molecule has 6 nitrogen and oxygen atoms in total. The Labute approximate surface area is 158 Å². The summed E-state index contributed by atoms with van der Waals surface area (Å²) in [6, 6.07) is 5.90. The zero-order valence-corrected chi connectivity index (χ0v) is 16.4. The monoisotopic (exact) mass is 374 g/mol. The van der Waals surface area contributed by atoms with E-state index in [2.05, 4.69) is 27.6 Å². The van der Waals surface area contributed by atoms with Crippen molar-refractivity contribution < 1.29 is 9.53 Å². The third-order valence-electron chi connectivity index (χ3n) is 4.40. The van der Waals surface area contributed by atoms with E-state index in [1.807, 2.05) is 32.0 Å². The van der Waals surface area contributed by atoms with Crippen LogP contribution in [0.15, 0.2) is 18.2 Å². The van der Waals surface area contributed by atoms with Crippen molar-refractivity contribution in [2.75, 3.05) is 32.1 Å². The summed E-state index contributed by atoms with van der Waals surface area (Å²) in [6.45, 7) is 7.14. The Morgan fingerprint density at radius 3 is 2.88 bits per heavy atom. The first-order chi connectivity index (χ1) is 12.5. The van der Waals surface area contributed by atoms with Gasteiger partial charge in [-0.05, 0) is 38.4 Å². The lowest BCUT2D eigenvalue weighted by atomic mass is 10.1. The average molecular weight is 375 g/mol. The minimum atomic E-state index is -0.212. The Bertz CT molecular complexity index is 755. The predicted octanol–water partition coefficient (Wildman–Crippen LogP) is 3.34. The number of carbonyl (C=O) groups excluding carboxylic acids is 1. The van der Waals surface area contributed by atoms with E-state index in [4.69, 9.17) is 4.74 Å². The highest BCUT2D eigenvalue weighted by Crippen LogP contribution is 2.27. The van der Waals surface area contributed by atoms with Crippen LogP contribution in [0.4, 0.5) is 9.93 Å². The zero-order chi connectivity index (χ0) is 18.5. The van der Waals surface area contributed by atoms with Crippen molar-refractivity contribution in [3.63, 3.8) is 0 Å². The van der Waals surface area contributed by atoms with E-state index in [1.165, 1.54) is 4.88 Å². The number of hydrogen-bond donors (Lipinski definition) is 2. The molecule has 2 heterocycles. The number of anilines is 1. The van der Waals surface area contributed by atoms with Gasteiger partial charge in [0.1, 0.15) is 5.75 Å². The standard InChI is InChI=1S/C19H26N4O2S/c1-13-6-4-7-14(2)17(13)25-11-5-9-20-18(24)22-19-21-15-8-10-23(3)12-16(15)26-19/h4,6-7H,5,8-12H2,1-3H3,(H2,20,21,22,24). The number of nitrogens with one attached hydrogen (secondary N) is 2. The Morgan fingerprint density at radius 2 is 2.12 bits per heavy atom. The number of thiazole rings is 1. The van der Waals surface area contributed by atoms with Gasteiger partial charge in [-0.25, -0.2) is 9.78 Å². The molecular weight excluding hydrogens is 348 g/mol. The Balaban J connectivity index is 1.38. The van der Waals surface area contributed by atoms with Crippen LogP contribution in [0.3, 0.4) is 0 Å². The molecule has 7 heteroatoms. The van der Waals surface area contributed by atoms with Crippen LogP contribution in [-0.2, 0) is 13.0 Å². The van der Waals surface area contributed by atoms with Crippen LogP contribution in [0.1, 0.15) is 28.1 Å². The fourth-order valence-electron chi connectivity index (χ4n) is 2.99. The number of nitrogens with zero attached hydrogens (tertiary/aromatic N) is 2. The third kappa shape index (κ3) is 4.74. The van der Waals surface area contributed by atoms with E-state index in [9.17, 15) is 4.79 Å². The van der Waals surface area contributed by atoms with E-state index in [0.29, 0.717) is 18.3 Å². The number of para-hydroxylation sites is 1. The maximum absolute atomic E-state index is 12.0. The summed E-state index contributed by atoms with van der Waals surface area (Å²) in [7, 11) is 2.10. The van der Waals surface area contributed by atoms with Crippen molar-refractivity contribution >= 4 is 22.5 Å². The van der Waals surface area contributed by atoms with Gasteiger partial charge in [0.05, 0.1) is 12.3 Å². The molecule has 2 aromatic rings. The molecule has 1 aliphatic rings. The maximum Gasteiger partial charge on any atom is 0.321 e. The number of rotatable bonds is 6. The fourth-order valence-corrected chi connectivity index (χ4v) is 4.08. The van der Waals surface area contributed by atoms with Gasteiger partial charge in [-0.1, -0.05) is 18.2 Å². The van der Waals surface area contributed by atoms with Crippen LogP contribution in [0, 0.1) is 13.8 Å². The molecule has 0 bridgehead atoms. The van der Waals surface area contributed by atoms with Crippen LogP contribution in [-0.4, -0.2) is 42.7 Å². The molecule has 26 heavy (non-hydrogen) atoms. The van der Waals surface area contributed by atoms with Gasteiger partial charge >= 0.3 is 6.03 Å². The number of carbonyl (C=O) groups is 1. The molecule has 0 atom stereocenters. The van der Waals surface area contributed by atoms with Gasteiger partial charge < -0.3 is 15.0 Å². The second kappa shape index (κ2) is 8.51. The van der Waals surface area contributed by atoms with Crippen LogP contribution in [0.2, 0.25) is 0 Å². The van der Waals surface area contributed by atoms with E-state index in [-0.39, 0.29) is 6.03 Å². The number of amides is 2. The Morgan fingerprint density at radius 1 is 1.35 bits per heavy atom. The van der Waals surface area contributed by atoms with Gasteiger partial charge in [0.25, 0.3) is 0 Å². The van der Waals surface area contributed by atoms with Crippen molar-refractivity contribution in [2.45, 2.75) is 33.2 Å². The minimum Gasteiger partial charge on any atom is -0.493 e. The second-order valence-corrected chi connectivity index (χ2v) is 7.76. The van der Waals surface area contributed by atoms with Gasteiger partial charge in [-0.2, -0.15) is 0 Å². The zero-order valence-electron chi connectivity index (χ0n) is 15.6. The van der Waals surface area contributed by atoms with E-state index in [1.54, 1.807) is 11.3 Å². The van der Waals surface area contributed by atoms with Gasteiger partial charge in [-0.15, -0.1) is 11.3 Å². The van der Waals surface area contributed by atoms with Crippen molar-refractivity contribution in [3.8, 4) is 5.75 Å². The molecule has 140 valence electrons. The van der Waals surface area contributed by atoms with Crippen LogP contribution < -0.4 is 15.4 Å². The molecule has 0 saturated heterocycles. The summed E-state index contributed by atoms with van der Waals surface area (Å²) < 4.78 is 5.85. The van der Waals surface area contributed by atoms with E-state index in [0.717, 1.165) is 48.5 Å². The fraction of sp³-hybridized carbons (Fsp3) is 0.474. The summed E-state index contributed by atoms with van der Waals surface area (Å²) in [5.74, 6) is 0.940. The molecule has 0 radical (unpaired) electrons. The highest BCUT2D eigenvalue weighted by Gasteiger charge is 2.18. The number of urea groups is 1. The van der Waals surface area contributed by atoms with Crippen molar-refractivity contribution in [1.82, 2.24) is 15.2 Å². The van der Waals surface area contributed by atoms with Crippen molar-refractivity contribution in [1.29, 1.82) is 0 Å². The molecule has 0 saturated carbocycles. The number of hydrogen-bond acceptors (Lipinski definition) is 5. The SMILES string of the molecule is Cc1cccc(C)c1OCCCNC(=O)Nc1nc2c(s1)CN(C)CC2. The Kier molecular flexibility index (Phi) is 6.11. The summed E-state index contributed by atoms with van der Waals surface area (Å²) >= 11 is 1.56. The molecule has 0 aliphatic carbocycles. The lowest BCUT2D eigenvalue weighted by Gasteiger charge is -2.20. The summed E-state index contributed by atoms with van der Waals surface area (Å²) in [5, 5.41) is 6.38. The van der Waals surface area contributed by atoms with E-state index < -0.39 is 0 Å². The van der Waals surface area contributed by atoms with Gasteiger partial charge in [0.15, 0.2) is 5.13 Å². The smallest absolute Gasteiger partial charge is 0.321 e. The van der Waals surface area contributed by atoms with Gasteiger partial charge in [-0.3, -0.25) is 5.32 Å². The molecule has 0 fully saturated rings. The largest absolute Gasteiger partial charge is 0.493 e. The number of fused-ring (bicyclic) bond motifs is 1. The van der Waals surface area contributed by atoms with Crippen LogP contribution in [0.25, 0.3) is 0 Å². The number of benzene rings is 1. The molecule has 0 unspecified atom stereocenters.